The monoisotopic (exact) mass is 385 g/mol. The number of aryl methyl sites for hydroxylation is 2. The van der Waals surface area contributed by atoms with Gasteiger partial charge in [0, 0.05) is 17.8 Å². The maximum atomic E-state index is 5.60. The molecule has 0 spiro atoms. The molecule has 0 aliphatic heterocycles. The second kappa shape index (κ2) is 10.3. The SMILES string of the molecule is CCc1cccc(CC)c1NC(=S)NC[C@H](c1ccccc1OC)N(C)C. The zero-order valence-corrected chi connectivity index (χ0v) is 17.8. The summed E-state index contributed by atoms with van der Waals surface area (Å²) in [6.07, 6.45) is 1.95. The fourth-order valence-corrected chi connectivity index (χ4v) is 3.45. The maximum Gasteiger partial charge on any atom is 0.170 e. The van der Waals surface area contributed by atoms with E-state index in [-0.39, 0.29) is 6.04 Å². The minimum atomic E-state index is 0.146. The van der Waals surface area contributed by atoms with Gasteiger partial charge in [0.05, 0.1) is 13.2 Å². The first kappa shape index (κ1) is 21.2. The van der Waals surface area contributed by atoms with Crippen LogP contribution in [0.5, 0.6) is 5.75 Å². The number of methoxy groups -OCH3 is 1. The molecule has 0 bridgehead atoms. The molecule has 0 aromatic heterocycles. The van der Waals surface area contributed by atoms with Crippen LogP contribution >= 0.6 is 12.2 Å². The van der Waals surface area contributed by atoms with E-state index in [1.54, 1.807) is 7.11 Å². The third-order valence-electron chi connectivity index (χ3n) is 4.81. The number of rotatable bonds is 8. The topological polar surface area (TPSA) is 36.5 Å². The van der Waals surface area contributed by atoms with Gasteiger partial charge in [-0.25, -0.2) is 0 Å². The standard InChI is InChI=1S/C22H31N3OS/c1-6-16-11-10-12-17(7-2)21(16)24-22(27)23-15-19(25(3)4)18-13-8-9-14-20(18)26-5/h8-14,19H,6-7,15H2,1-5H3,(H2,23,24,27)/t19-/m1/s1. The van der Waals surface area contributed by atoms with Crippen LogP contribution in [0.2, 0.25) is 0 Å². The first-order valence-electron chi connectivity index (χ1n) is 9.46. The molecule has 2 rings (SSSR count). The third kappa shape index (κ3) is 5.44. The largest absolute Gasteiger partial charge is 0.496 e. The second-order valence-electron chi connectivity index (χ2n) is 6.71. The number of hydrogen-bond acceptors (Lipinski definition) is 3. The van der Waals surface area contributed by atoms with Crippen LogP contribution in [0.25, 0.3) is 0 Å². The van der Waals surface area contributed by atoms with Gasteiger partial charge in [0.15, 0.2) is 5.11 Å². The Labute approximate surface area is 168 Å². The molecular weight excluding hydrogens is 354 g/mol. The molecule has 0 fully saturated rings. The lowest BCUT2D eigenvalue weighted by Gasteiger charge is -2.27. The van der Waals surface area contributed by atoms with Gasteiger partial charge in [-0.15, -0.1) is 0 Å². The van der Waals surface area contributed by atoms with E-state index in [1.807, 2.05) is 18.2 Å². The van der Waals surface area contributed by atoms with E-state index < -0.39 is 0 Å². The van der Waals surface area contributed by atoms with Gasteiger partial charge < -0.3 is 20.3 Å². The van der Waals surface area contributed by atoms with Crippen molar-refractivity contribution >= 4 is 23.0 Å². The quantitative estimate of drug-likeness (QED) is 0.658. The highest BCUT2D eigenvalue weighted by atomic mass is 32.1. The Morgan fingerprint density at radius 2 is 1.67 bits per heavy atom. The van der Waals surface area contributed by atoms with Crippen molar-refractivity contribution in [3.8, 4) is 5.75 Å². The highest BCUT2D eigenvalue weighted by molar-refractivity contribution is 7.80. The predicted octanol–water partition coefficient (Wildman–Crippen LogP) is 4.41. The van der Waals surface area contributed by atoms with Crippen molar-refractivity contribution in [1.82, 2.24) is 10.2 Å². The summed E-state index contributed by atoms with van der Waals surface area (Å²) in [5, 5.41) is 7.46. The smallest absolute Gasteiger partial charge is 0.170 e. The van der Waals surface area contributed by atoms with Crippen LogP contribution in [0.15, 0.2) is 42.5 Å². The van der Waals surface area contributed by atoms with Crippen LogP contribution < -0.4 is 15.4 Å². The van der Waals surface area contributed by atoms with Crippen molar-refractivity contribution in [3.63, 3.8) is 0 Å². The lowest BCUT2D eigenvalue weighted by molar-refractivity contribution is 0.288. The summed E-state index contributed by atoms with van der Waals surface area (Å²) >= 11 is 5.60. The second-order valence-corrected chi connectivity index (χ2v) is 7.12. The van der Waals surface area contributed by atoms with Crippen LogP contribution in [0.1, 0.15) is 36.6 Å². The number of nitrogens with zero attached hydrogens (tertiary/aromatic N) is 1. The number of hydrogen-bond donors (Lipinski definition) is 2. The molecule has 0 heterocycles. The Balaban J connectivity index is 2.12. The van der Waals surface area contributed by atoms with E-state index in [2.05, 4.69) is 67.7 Å². The summed E-state index contributed by atoms with van der Waals surface area (Å²) in [5.41, 5.74) is 4.85. The lowest BCUT2D eigenvalue weighted by Crippen LogP contribution is -2.37. The van der Waals surface area contributed by atoms with Gasteiger partial charge in [0.1, 0.15) is 5.75 Å². The molecule has 0 saturated carbocycles. The maximum absolute atomic E-state index is 5.60. The number of likely N-dealkylation sites (N-methyl/N-ethyl adjacent to an activating group) is 1. The van der Waals surface area contributed by atoms with Gasteiger partial charge in [-0.1, -0.05) is 50.2 Å². The highest BCUT2D eigenvalue weighted by Gasteiger charge is 2.18. The van der Waals surface area contributed by atoms with E-state index in [0.29, 0.717) is 11.7 Å². The highest BCUT2D eigenvalue weighted by Crippen LogP contribution is 2.27. The molecule has 2 N–H and O–H groups in total. The van der Waals surface area contributed by atoms with Crippen molar-refractivity contribution in [3.05, 3.63) is 59.2 Å². The number of thiocarbonyl (C=S) groups is 1. The first-order valence-corrected chi connectivity index (χ1v) is 9.87. The molecule has 0 aliphatic carbocycles. The van der Waals surface area contributed by atoms with Crippen LogP contribution in [0.3, 0.4) is 0 Å². The third-order valence-corrected chi connectivity index (χ3v) is 5.06. The number of para-hydroxylation sites is 2. The summed E-state index contributed by atoms with van der Waals surface area (Å²) in [5.74, 6) is 0.890. The molecule has 0 radical (unpaired) electrons. The van der Waals surface area contributed by atoms with E-state index >= 15 is 0 Å². The average Bonchev–Trinajstić information content (AvgIpc) is 2.68. The zero-order chi connectivity index (χ0) is 19.8. The number of ether oxygens (including phenoxy) is 1. The summed E-state index contributed by atoms with van der Waals surface area (Å²) in [7, 11) is 5.84. The van der Waals surface area contributed by atoms with Crippen molar-refractivity contribution in [2.75, 3.05) is 33.1 Å². The molecule has 0 amide bonds. The molecule has 146 valence electrons. The van der Waals surface area contributed by atoms with Gasteiger partial charge in [-0.05, 0) is 56.3 Å². The van der Waals surface area contributed by atoms with Crippen molar-refractivity contribution in [2.24, 2.45) is 0 Å². The molecule has 27 heavy (non-hydrogen) atoms. The van der Waals surface area contributed by atoms with Gasteiger partial charge in [0.2, 0.25) is 0 Å². The molecule has 0 unspecified atom stereocenters. The number of benzene rings is 2. The van der Waals surface area contributed by atoms with Gasteiger partial charge >= 0.3 is 0 Å². The minimum absolute atomic E-state index is 0.146. The Kier molecular flexibility index (Phi) is 8.07. The summed E-state index contributed by atoms with van der Waals surface area (Å²) in [6.45, 7) is 5.02. The lowest BCUT2D eigenvalue weighted by atomic mass is 10.0. The summed E-state index contributed by atoms with van der Waals surface area (Å²) in [6, 6.07) is 14.7. The predicted molar refractivity (Wildman–Crippen MR) is 119 cm³/mol. The fraction of sp³-hybridized carbons (Fsp3) is 0.409. The first-order chi connectivity index (χ1) is 13.0. The molecule has 5 heteroatoms. The van der Waals surface area contributed by atoms with Crippen LogP contribution in [0, 0.1) is 0 Å². The van der Waals surface area contributed by atoms with E-state index in [9.17, 15) is 0 Å². The van der Waals surface area contributed by atoms with Crippen LogP contribution in [-0.2, 0) is 12.8 Å². The van der Waals surface area contributed by atoms with Gasteiger partial charge in [-0.3, -0.25) is 0 Å². The number of anilines is 1. The summed E-state index contributed by atoms with van der Waals surface area (Å²) in [4.78, 5) is 2.17. The molecule has 1 atom stereocenters. The molecule has 4 nitrogen and oxygen atoms in total. The van der Waals surface area contributed by atoms with E-state index in [1.165, 1.54) is 11.1 Å². The van der Waals surface area contributed by atoms with Crippen molar-refractivity contribution < 1.29 is 4.74 Å². The molecule has 0 saturated heterocycles. The van der Waals surface area contributed by atoms with Crippen LogP contribution in [-0.4, -0.2) is 37.8 Å². The average molecular weight is 386 g/mol. The zero-order valence-electron chi connectivity index (χ0n) is 17.0. The minimum Gasteiger partial charge on any atom is -0.496 e. The normalized spacial score (nSPS) is 11.9. The van der Waals surface area contributed by atoms with Crippen molar-refractivity contribution in [2.45, 2.75) is 32.7 Å². The number of nitrogens with one attached hydrogen (secondary N) is 2. The van der Waals surface area contributed by atoms with E-state index in [4.69, 9.17) is 17.0 Å². The Morgan fingerprint density at radius 3 is 2.22 bits per heavy atom. The van der Waals surface area contributed by atoms with E-state index in [0.717, 1.165) is 29.8 Å². The van der Waals surface area contributed by atoms with Crippen LogP contribution in [0.4, 0.5) is 5.69 Å². The summed E-state index contributed by atoms with van der Waals surface area (Å²) < 4.78 is 5.54. The molecule has 0 aliphatic rings. The molecule has 2 aromatic carbocycles. The van der Waals surface area contributed by atoms with Crippen molar-refractivity contribution in [1.29, 1.82) is 0 Å². The fourth-order valence-electron chi connectivity index (χ4n) is 3.26. The Bertz CT molecular complexity index is 739. The molecule has 2 aromatic rings. The molecular formula is C22H31N3OS. The Morgan fingerprint density at radius 1 is 1.04 bits per heavy atom. The van der Waals surface area contributed by atoms with Gasteiger partial charge in [0.25, 0.3) is 0 Å². The Hall–Kier alpha value is -2.11. The van der Waals surface area contributed by atoms with Gasteiger partial charge in [-0.2, -0.15) is 0 Å².